The Bertz CT molecular complexity index is 1280. The molecule has 0 amide bonds. The van der Waals surface area contributed by atoms with E-state index in [4.69, 9.17) is 4.42 Å². The highest BCUT2D eigenvalue weighted by Gasteiger charge is 2.18. The van der Waals surface area contributed by atoms with Crippen LogP contribution in [0.3, 0.4) is 0 Å². The summed E-state index contributed by atoms with van der Waals surface area (Å²) in [5, 5.41) is 22.6. The molecule has 156 valence electrons. The molecule has 0 saturated carbocycles. The number of hydrogen-bond acceptors (Lipinski definition) is 5. The lowest BCUT2D eigenvalue weighted by atomic mass is 10.2. The zero-order chi connectivity index (χ0) is 21.2. The highest BCUT2D eigenvalue weighted by Crippen LogP contribution is 2.30. The third-order valence-corrected chi connectivity index (χ3v) is 6.36. The number of furan rings is 1. The van der Waals surface area contributed by atoms with Crippen molar-refractivity contribution < 1.29 is 9.52 Å². The Morgan fingerprint density at radius 1 is 0.968 bits per heavy atom. The molecule has 3 heterocycles. The molecule has 3 aromatic heterocycles. The van der Waals surface area contributed by atoms with Gasteiger partial charge in [0.1, 0.15) is 0 Å². The Morgan fingerprint density at radius 3 is 2.32 bits per heavy atom. The predicted molar refractivity (Wildman–Crippen MR) is 124 cm³/mol. The van der Waals surface area contributed by atoms with Gasteiger partial charge in [0, 0.05) is 34.1 Å². The van der Waals surface area contributed by atoms with Crippen LogP contribution in [0, 0.1) is 0 Å². The Kier molecular flexibility index (Phi) is 5.36. The topological polar surface area (TPSA) is 69.0 Å². The van der Waals surface area contributed by atoms with Crippen LogP contribution in [0.4, 0.5) is 0 Å². The summed E-state index contributed by atoms with van der Waals surface area (Å²) in [5.74, 6) is 1.81. The van der Waals surface area contributed by atoms with Crippen molar-refractivity contribution in [3.63, 3.8) is 0 Å². The van der Waals surface area contributed by atoms with Gasteiger partial charge in [0.05, 0.1) is 18.9 Å². The van der Waals surface area contributed by atoms with E-state index in [0.717, 1.165) is 16.2 Å². The lowest BCUT2D eigenvalue weighted by molar-refractivity contribution is 0.181. The summed E-state index contributed by atoms with van der Waals surface area (Å²) in [4.78, 5) is 0. The van der Waals surface area contributed by atoms with Crippen LogP contribution in [0.2, 0.25) is 0 Å². The van der Waals surface area contributed by atoms with Crippen LogP contribution in [0.25, 0.3) is 33.4 Å². The molecule has 0 aliphatic carbocycles. The number of aliphatic hydroxyl groups excluding tert-OH is 1. The van der Waals surface area contributed by atoms with E-state index in [-0.39, 0.29) is 0 Å². The molecule has 0 fully saturated rings. The van der Waals surface area contributed by atoms with Crippen molar-refractivity contribution in [1.29, 1.82) is 0 Å². The van der Waals surface area contributed by atoms with Gasteiger partial charge in [-0.25, -0.2) is 0 Å². The minimum Gasteiger partial charge on any atom is -0.461 e. The van der Waals surface area contributed by atoms with Crippen LogP contribution in [0.15, 0.2) is 89.2 Å². The average Bonchev–Trinajstić information content (AvgIpc) is 3.52. The summed E-state index contributed by atoms with van der Waals surface area (Å²) in [6, 6.07) is 20.3. The Hall–Kier alpha value is -3.29. The van der Waals surface area contributed by atoms with Crippen molar-refractivity contribution in [1.82, 2.24) is 19.3 Å². The van der Waals surface area contributed by atoms with Crippen molar-refractivity contribution in [2.24, 2.45) is 0 Å². The number of fused-ring (bicyclic) bond motifs is 3. The second-order valence-electron chi connectivity index (χ2n) is 7.29. The number of aromatic nitrogens is 4. The number of thioether (sulfide) groups is 1. The first-order chi connectivity index (χ1) is 15.3. The summed E-state index contributed by atoms with van der Waals surface area (Å²) in [6.45, 7) is 4.90. The van der Waals surface area contributed by atoms with Crippen LogP contribution in [0.5, 0.6) is 0 Å². The second-order valence-corrected chi connectivity index (χ2v) is 8.28. The van der Waals surface area contributed by atoms with E-state index >= 15 is 0 Å². The largest absolute Gasteiger partial charge is 0.461 e. The molecular weight excluding hydrogens is 408 g/mol. The molecule has 0 aliphatic rings. The number of hydrogen-bond donors (Lipinski definition) is 1. The normalized spacial score (nSPS) is 12.5. The summed E-state index contributed by atoms with van der Waals surface area (Å²) in [5.41, 5.74) is 2.25. The molecule has 5 rings (SSSR count). The van der Waals surface area contributed by atoms with E-state index in [9.17, 15) is 5.11 Å². The highest BCUT2D eigenvalue weighted by atomic mass is 32.2. The maximum atomic E-state index is 10.9. The van der Waals surface area contributed by atoms with Gasteiger partial charge in [-0.1, -0.05) is 54.2 Å². The van der Waals surface area contributed by atoms with Gasteiger partial charge in [0.2, 0.25) is 5.82 Å². The number of benzene rings is 2. The van der Waals surface area contributed by atoms with Gasteiger partial charge in [-0.3, -0.25) is 4.57 Å². The molecule has 0 saturated heterocycles. The quantitative estimate of drug-likeness (QED) is 0.278. The Balaban J connectivity index is 1.38. The van der Waals surface area contributed by atoms with E-state index in [0.29, 0.717) is 30.4 Å². The summed E-state index contributed by atoms with van der Waals surface area (Å²) >= 11 is 1.48. The molecule has 6 nitrogen and oxygen atoms in total. The molecule has 2 aromatic carbocycles. The lowest BCUT2D eigenvalue weighted by Crippen LogP contribution is -2.18. The van der Waals surface area contributed by atoms with Crippen molar-refractivity contribution >= 4 is 33.6 Å². The maximum Gasteiger partial charge on any atom is 0.200 e. The van der Waals surface area contributed by atoms with E-state index in [2.05, 4.69) is 57.7 Å². The van der Waals surface area contributed by atoms with Gasteiger partial charge < -0.3 is 14.1 Å². The van der Waals surface area contributed by atoms with Crippen LogP contribution in [0.1, 0.15) is 0 Å². The molecule has 0 aliphatic heterocycles. The summed E-state index contributed by atoms with van der Waals surface area (Å²) < 4.78 is 9.62. The van der Waals surface area contributed by atoms with Gasteiger partial charge in [-0.05, 0) is 24.3 Å². The van der Waals surface area contributed by atoms with Crippen molar-refractivity contribution in [3.8, 4) is 11.6 Å². The van der Waals surface area contributed by atoms with Gasteiger partial charge >= 0.3 is 0 Å². The van der Waals surface area contributed by atoms with E-state index in [1.165, 1.54) is 22.5 Å². The smallest absolute Gasteiger partial charge is 0.200 e. The predicted octanol–water partition coefficient (Wildman–Crippen LogP) is 4.99. The lowest BCUT2D eigenvalue weighted by Gasteiger charge is -2.14. The van der Waals surface area contributed by atoms with Crippen LogP contribution < -0.4 is 0 Å². The molecule has 31 heavy (non-hydrogen) atoms. The molecule has 5 aromatic rings. The molecule has 1 atom stereocenters. The Morgan fingerprint density at radius 2 is 1.68 bits per heavy atom. The molecular formula is C24H22N4O2S. The molecule has 7 heteroatoms. The fourth-order valence-electron chi connectivity index (χ4n) is 3.91. The molecule has 1 N–H and O–H groups in total. The maximum absolute atomic E-state index is 10.9. The average molecular weight is 431 g/mol. The third-order valence-electron chi connectivity index (χ3n) is 5.25. The number of rotatable bonds is 8. The van der Waals surface area contributed by atoms with E-state index < -0.39 is 6.10 Å². The van der Waals surface area contributed by atoms with Gasteiger partial charge in [0.25, 0.3) is 0 Å². The molecule has 0 spiro atoms. The van der Waals surface area contributed by atoms with Gasteiger partial charge in [0.15, 0.2) is 10.9 Å². The molecule has 0 bridgehead atoms. The summed E-state index contributed by atoms with van der Waals surface area (Å²) in [6.07, 6.45) is 2.86. The Labute approximate surface area is 183 Å². The van der Waals surface area contributed by atoms with Crippen molar-refractivity contribution in [2.75, 3.05) is 5.75 Å². The van der Waals surface area contributed by atoms with Crippen molar-refractivity contribution in [2.45, 2.75) is 24.3 Å². The highest BCUT2D eigenvalue weighted by molar-refractivity contribution is 7.99. The van der Waals surface area contributed by atoms with E-state index in [1.807, 2.05) is 28.8 Å². The fourth-order valence-corrected chi connectivity index (χ4v) is 4.77. The zero-order valence-electron chi connectivity index (χ0n) is 16.9. The number of para-hydroxylation sites is 2. The molecule has 0 radical (unpaired) electrons. The molecule has 0 unspecified atom stereocenters. The van der Waals surface area contributed by atoms with E-state index in [1.54, 1.807) is 12.3 Å². The van der Waals surface area contributed by atoms with Crippen LogP contribution in [-0.2, 0) is 13.1 Å². The first kappa shape index (κ1) is 19.7. The summed E-state index contributed by atoms with van der Waals surface area (Å²) in [7, 11) is 0. The SMILES string of the molecule is C=CCn1c(SC[C@@H](O)Cn2c3ccccc3c3ccccc32)nnc1-c1ccco1. The number of aliphatic hydroxyl groups is 1. The van der Waals surface area contributed by atoms with Crippen LogP contribution in [-0.4, -0.2) is 36.3 Å². The number of allylic oxidation sites excluding steroid dienone is 1. The fraction of sp³-hybridized carbons (Fsp3) is 0.167. The zero-order valence-corrected chi connectivity index (χ0v) is 17.7. The standard InChI is InChI=1S/C24H22N4O2S/c1-2-13-27-23(22-12-7-14-30-22)25-26-24(27)31-16-17(29)15-28-20-10-5-3-8-18(20)19-9-4-6-11-21(19)28/h2-12,14,17,29H,1,13,15-16H2/t17-/m0/s1. The minimum atomic E-state index is -0.551. The first-order valence-electron chi connectivity index (χ1n) is 10.1. The first-order valence-corrected chi connectivity index (χ1v) is 11.1. The second kappa shape index (κ2) is 8.45. The van der Waals surface area contributed by atoms with Gasteiger partial charge in [-0.2, -0.15) is 0 Å². The van der Waals surface area contributed by atoms with Crippen LogP contribution >= 0.6 is 11.8 Å². The minimum absolute atomic E-state index is 0.494. The number of nitrogens with zero attached hydrogens (tertiary/aromatic N) is 4. The van der Waals surface area contributed by atoms with Gasteiger partial charge in [-0.15, -0.1) is 16.8 Å². The monoisotopic (exact) mass is 430 g/mol. The van der Waals surface area contributed by atoms with Crippen molar-refractivity contribution in [3.05, 3.63) is 79.6 Å². The third kappa shape index (κ3) is 3.66.